The largest absolute Gasteiger partial charge is 0.368 e. The maximum absolute atomic E-state index is 11.8. The van der Waals surface area contributed by atoms with Crippen molar-refractivity contribution in [3.05, 3.63) is 66.2 Å². The van der Waals surface area contributed by atoms with Gasteiger partial charge in [0.25, 0.3) is 0 Å². The summed E-state index contributed by atoms with van der Waals surface area (Å²) in [4.78, 5) is 16.7. The zero-order valence-electron chi connectivity index (χ0n) is 14.6. The SMILES string of the molecule is CC(=O)C[C@@H]1CN(c2ccccc2)C[C@@H](C)N1Cc1ccccc1. The maximum atomic E-state index is 11.8. The van der Waals surface area contributed by atoms with E-state index in [2.05, 4.69) is 65.3 Å². The molecule has 126 valence electrons. The Kier molecular flexibility index (Phi) is 5.31. The molecule has 0 bridgehead atoms. The normalized spacial score (nSPS) is 21.7. The molecule has 0 saturated carbocycles. The van der Waals surface area contributed by atoms with Gasteiger partial charge in [-0.3, -0.25) is 9.69 Å². The smallest absolute Gasteiger partial charge is 0.131 e. The van der Waals surface area contributed by atoms with Crippen molar-refractivity contribution >= 4 is 11.5 Å². The van der Waals surface area contributed by atoms with Crippen LogP contribution < -0.4 is 4.90 Å². The number of Topliss-reactive ketones (excluding diaryl/α,β-unsaturated/α-hetero) is 1. The quantitative estimate of drug-likeness (QED) is 0.838. The van der Waals surface area contributed by atoms with Crippen LogP contribution in [0.4, 0.5) is 5.69 Å². The minimum Gasteiger partial charge on any atom is -0.368 e. The average molecular weight is 322 g/mol. The van der Waals surface area contributed by atoms with E-state index in [1.165, 1.54) is 11.3 Å². The van der Waals surface area contributed by atoms with E-state index in [1.54, 1.807) is 6.92 Å². The van der Waals surface area contributed by atoms with Crippen LogP contribution in [0.15, 0.2) is 60.7 Å². The average Bonchev–Trinajstić information content (AvgIpc) is 2.59. The molecule has 0 aliphatic carbocycles. The number of carbonyl (C=O) groups is 1. The highest BCUT2D eigenvalue weighted by molar-refractivity contribution is 5.76. The van der Waals surface area contributed by atoms with Gasteiger partial charge in [-0.1, -0.05) is 48.5 Å². The van der Waals surface area contributed by atoms with Crippen LogP contribution in [0.2, 0.25) is 0 Å². The fraction of sp³-hybridized carbons (Fsp3) is 0.381. The van der Waals surface area contributed by atoms with Gasteiger partial charge in [-0.05, 0) is 31.5 Å². The minimum atomic E-state index is 0.256. The first-order valence-electron chi connectivity index (χ1n) is 8.72. The van der Waals surface area contributed by atoms with Crippen LogP contribution in [0.5, 0.6) is 0 Å². The molecule has 0 radical (unpaired) electrons. The highest BCUT2D eigenvalue weighted by Gasteiger charge is 2.32. The second-order valence-electron chi connectivity index (χ2n) is 6.81. The summed E-state index contributed by atoms with van der Waals surface area (Å²) in [6, 6.07) is 21.7. The highest BCUT2D eigenvalue weighted by atomic mass is 16.1. The lowest BCUT2D eigenvalue weighted by molar-refractivity contribution is -0.118. The zero-order valence-corrected chi connectivity index (χ0v) is 14.6. The van der Waals surface area contributed by atoms with Crippen LogP contribution in [0.25, 0.3) is 0 Å². The molecule has 2 aromatic carbocycles. The Bertz CT molecular complexity index is 656. The summed E-state index contributed by atoms with van der Waals surface area (Å²) in [5, 5.41) is 0. The van der Waals surface area contributed by atoms with Gasteiger partial charge in [0, 0.05) is 43.8 Å². The molecule has 3 rings (SSSR count). The van der Waals surface area contributed by atoms with Gasteiger partial charge in [-0.15, -0.1) is 0 Å². The molecule has 2 aromatic rings. The maximum Gasteiger partial charge on any atom is 0.131 e. The van der Waals surface area contributed by atoms with Crippen molar-refractivity contribution in [1.29, 1.82) is 0 Å². The molecule has 1 fully saturated rings. The van der Waals surface area contributed by atoms with Crippen LogP contribution in [0, 0.1) is 0 Å². The van der Waals surface area contributed by atoms with Crippen molar-refractivity contribution in [3.63, 3.8) is 0 Å². The number of ketones is 1. The zero-order chi connectivity index (χ0) is 16.9. The molecule has 0 amide bonds. The molecule has 1 aliphatic rings. The number of benzene rings is 2. The third-order valence-corrected chi connectivity index (χ3v) is 4.80. The Balaban J connectivity index is 1.79. The van der Waals surface area contributed by atoms with Crippen molar-refractivity contribution < 1.29 is 4.79 Å². The number of carbonyl (C=O) groups excluding carboxylic acids is 1. The fourth-order valence-electron chi connectivity index (χ4n) is 3.66. The molecule has 3 heteroatoms. The van der Waals surface area contributed by atoms with Gasteiger partial charge in [0.05, 0.1) is 0 Å². The van der Waals surface area contributed by atoms with E-state index in [9.17, 15) is 4.79 Å². The third kappa shape index (κ3) is 4.04. The Morgan fingerprint density at radius 2 is 1.62 bits per heavy atom. The topological polar surface area (TPSA) is 23.6 Å². The Hall–Kier alpha value is -2.13. The molecule has 0 aromatic heterocycles. The Morgan fingerprint density at radius 1 is 1.00 bits per heavy atom. The summed E-state index contributed by atoms with van der Waals surface area (Å²) < 4.78 is 0. The molecule has 3 nitrogen and oxygen atoms in total. The Morgan fingerprint density at radius 3 is 2.25 bits per heavy atom. The molecule has 1 aliphatic heterocycles. The molecule has 0 unspecified atom stereocenters. The van der Waals surface area contributed by atoms with Crippen molar-refractivity contribution in [2.45, 2.75) is 38.9 Å². The molecule has 24 heavy (non-hydrogen) atoms. The van der Waals surface area contributed by atoms with E-state index in [4.69, 9.17) is 0 Å². The van der Waals surface area contributed by atoms with Gasteiger partial charge < -0.3 is 4.90 Å². The lowest BCUT2D eigenvalue weighted by Crippen LogP contribution is -2.57. The van der Waals surface area contributed by atoms with Crippen molar-refractivity contribution in [2.75, 3.05) is 18.0 Å². The second-order valence-corrected chi connectivity index (χ2v) is 6.81. The van der Waals surface area contributed by atoms with E-state index in [-0.39, 0.29) is 11.8 Å². The number of piperazine rings is 1. The second kappa shape index (κ2) is 7.63. The van der Waals surface area contributed by atoms with Crippen molar-refractivity contribution in [2.24, 2.45) is 0 Å². The van der Waals surface area contributed by atoms with Crippen LogP contribution >= 0.6 is 0 Å². The van der Waals surface area contributed by atoms with Gasteiger partial charge in [0.15, 0.2) is 0 Å². The van der Waals surface area contributed by atoms with E-state index >= 15 is 0 Å². The third-order valence-electron chi connectivity index (χ3n) is 4.80. The van der Waals surface area contributed by atoms with Crippen LogP contribution in [0.1, 0.15) is 25.8 Å². The monoisotopic (exact) mass is 322 g/mol. The van der Waals surface area contributed by atoms with Gasteiger partial charge in [-0.2, -0.15) is 0 Å². The summed E-state index contributed by atoms with van der Waals surface area (Å²) in [6.07, 6.45) is 0.612. The number of hydrogen-bond acceptors (Lipinski definition) is 3. The number of hydrogen-bond donors (Lipinski definition) is 0. The summed E-state index contributed by atoms with van der Waals surface area (Å²) >= 11 is 0. The summed E-state index contributed by atoms with van der Waals surface area (Å²) in [5.74, 6) is 0.264. The van der Waals surface area contributed by atoms with E-state index < -0.39 is 0 Å². The van der Waals surface area contributed by atoms with Crippen LogP contribution in [-0.2, 0) is 11.3 Å². The molecule has 0 N–H and O–H groups in total. The van der Waals surface area contributed by atoms with E-state index in [1.807, 2.05) is 12.1 Å². The predicted octanol–water partition coefficient (Wildman–Crippen LogP) is 3.75. The fourth-order valence-corrected chi connectivity index (χ4v) is 3.66. The van der Waals surface area contributed by atoms with Crippen molar-refractivity contribution in [3.8, 4) is 0 Å². The Labute approximate surface area is 144 Å². The standard InChI is InChI=1S/C21H26N2O/c1-17-14-22(20-11-7-4-8-12-20)16-21(13-18(2)24)23(17)15-19-9-5-3-6-10-19/h3-12,17,21H,13-16H2,1-2H3/t17-,21-/m1/s1. The summed E-state index contributed by atoms with van der Waals surface area (Å²) in [5.41, 5.74) is 2.56. The van der Waals surface area contributed by atoms with Crippen molar-refractivity contribution in [1.82, 2.24) is 4.90 Å². The number of para-hydroxylation sites is 1. The number of anilines is 1. The predicted molar refractivity (Wildman–Crippen MR) is 99.2 cm³/mol. The molecule has 1 heterocycles. The molecule has 2 atom stereocenters. The molecule has 1 saturated heterocycles. The van der Waals surface area contributed by atoms with Gasteiger partial charge in [-0.25, -0.2) is 0 Å². The first-order chi connectivity index (χ1) is 11.6. The number of rotatable bonds is 5. The molecular formula is C21H26N2O. The first kappa shape index (κ1) is 16.7. The van der Waals surface area contributed by atoms with E-state index in [0.717, 1.165) is 19.6 Å². The highest BCUT2D eigenvalue weighted by Crippen LogP contribution is 2.25. The lowest BCUT2D eigenvalue weighted by Gasteiger charge is -2.46. The van der Waals surface area contributed by atoms with Crippen LogP contribution in [-0.4, -0.2) is 35.9 Å². The van der Waals surface area contributed by atoms with E-state index in [0.29, 0.717) is 12.5 Å². The summed E-state index contributed by atoms with van der Waals surface area (Å²) in [7, 11) is 0. The van der Waals surface area contributed by atoms with Gasteiger partial charge in [0.2, 0.25) is 0 Å². The van der Waals surface area contributed by atoms with Gasteiger partial charge in [0.1, 0.15) is 5.78 Å². The summed E-state index contributed by atoms with van der Waals surface area (Å²) in [6.45, 7) is 6.77. The number of nitrogens with zero attached hydrogens (tertiary/aromatic N) is 2. The van der Waals surface area contributed by atoms with Gasteiger partial charge >= 0.3 is 0 Å². The minimum absolute atomic E-state index is 0.256. The molecule has 0 spiro atoms. The molecular weight excluding hydrogens is 296 g/mol. The lowest BCUT2D eigenvalue weighted by atomic mass is 10.00. The van der Waals surface area contributed by atoms with Crippen LogP contribution in [0.3, 0.4) is 0 Å². The first-order valence-corrected chi connectivity index (χ1v) is 8.72.